The van der Waals surface area contributed by atoms with Crippen molar-refractivity contribution in [3.8, 4) is 0 Å². The third-order valence-electron chi connectivity index (χ3n) is 0. The molecule has 5 heavy (non-hydrogen) atoms. The molecule has 0 unspecified atom stereocenters. The van der Waals surface area contributed by atoms with Crippen molar-refractivity contribution in [3.05, 3.63) is 0 Å². The van der Waals surface area contributed by atoms with Crippen molar-refractivity contribution in [1.29, 1.82) is 0 Å². The molecule has 6 radical (unpaired) electrons. The zero-order valence-corrected chi connectivity index (χ0v) is 15.5. The number of hydrogen-bond acceptors (Lipinski definition) is 0. The molecule has 26 valence electrons. The molecule has 0 aliphatic heterocycles. The Balaban J connectivity index is 0. The Morgan fingerprint density at radius 1 is 0.800 bits per heavy atom. The predicted molar refractivity (Wildman–Crippen MR) is 15.1 cm³/mol. The smallest absolute Gasteiger partial charge is 0 e. The minimum atomic E-state index is 0. The Morgan fingerprint density at radius 3 is 0.800 bits per heavy atom. The normalized spacial score (nSPS) is 0. The fourth-order valence-corrected chi connectivity index (χ4v) is 0. The Hall–Kier alpha value is 4.73. The summed E-state index contributed by atoms with van der Waals surface area (Å²) in [6.45, 7) is 0. The van der Waals surface area contributed by atoms with E-state index in [1.165, 1.54) is 0 Å². The summed E-state index contributed by atoms with van der Waals surface area (Å²) in [5.41, 5.74) is 0. The van der Waals surface area contributed by atoms with Crippen molar-refractivity contribution >= 4 is 97.8 Å². The molecular formula is H2Ba2CuOY. The van der Waals surface area contributed by atoms with Gasteiger partial charge in [-0.15, -0.1) is 0 Å². The molecule has 0 rings (SSSR count). The van der Waals surface area contributed by atoms with E-state index in [9.17, 15) is 0 Å². The van der Waals surface area contributed by atoms with Gasteiger partial charge >= 0.3 is 0 Å². The molecule has 0 aliphatic rings. The zero-order chi connectivity index (χ0) is 0. The molecule has 0 heterocycles. The molecule has 0 atom stereocenters. The minimum absolute atomic E-state index is 0. The first-order valence-electron chi connectivity index (χ1n) is 0. The maximum atomic E-state index is 0. The molecule has 0 amide bonds. The van der Waals surface area contributed by atoms with Crippen LogP contribution in [0, 0.1) is 0 Å². The Bertz CT molecular complexity index is 9.61. The van der Waals surface area contributed by atoms with Crippen LogP contribution in [0.2, 0.25) is 0 Å². The fraction of sp³-hybridized carbons (Fsp3) is 0. The molecule has 0 saturated heterocycles. The minimum Gasteiger partial charge on any atom is -0.412 e. The van der Waals surface area contributed by atoms with Gasteiger partial charge in [-0.2, -0.15) is 0 Å². The zero-order valence-electron chi connectivity index (χ0n) is 2.79. The monoisotopic (exact) mass is 446 g/mol. The van der Waals surface area contributed by atoms with Gasteiger partial charge in [-0.1, -0.05) is 0 Å². The van der Waals surface area contributed by atoms with Gasteiger partial charge < -0.3 is 5.48 Å². The second kappa shape index (κ2) is 23.3. The molecule has 0 aliphatic carbocycles. The first-order chi connectivity index (χ1) is 0. The van der Waals surface area contributed by atoms with Gasteiger partial charge in [0.2, 0.25) is 0 Å². The average Bonchev–Trinajstić information content (AvgIpc) is 0. The molecule has 5 heteroatoms. The Labute approximate surface area is 148 Å². The summed E-state index contributed by atoms with van der Waals surface area (Å²) in [7, 11) is 0. The summed E-state index contributed by atoms with van der Waals surface area (Å²) < 4.78 is 0. The Morgan fingerprint density at radius 2 is 0.800 bits per heavy atom. The van der Waals surface area contributed by atoms with Crippen LogP contribution in [0.5, 0.6) is 0 Å². The van der Waals surface area contributed by atoms with Crippen LogP contribution in [-0.4, -0.2) is 103 Å². The van der Waals surface area contributed by atoms with Crippen molar-refractivity contribution in [1.82, 2.24) is 0 Å². The average molecular weight is 445 g/mol. The van der Waals surface area contributed by atoms with E-state index >= 15 is 0 Å². The van der Waals surface area contributed by atoms with Crippen LogP contribution < -0.4 is 0 Å². The molecule has 0 aromatic heterocycles. The third kappa shape index (κ3) is 17.7. The largest absolute Gasteiger partial charge is 0.412 e. The molecule has 0 bridgehead atoms. The Kier molecular flexibility index (Phi) is 155. The third-order valence-corrected chi connectivity index (χ3v) is 0. The number of rotatable bonds is 0. The molecule has 0 saturated carbocycles. The molecule has 0 spiro atoms. The van der Waals surface area contributed by atoms with E-state index in [1.54, 1.807) is 0 Å². The first kappa shape index (κ1) is 33.2. The fourth-order valence-electron chi connectivity index (χ4n) is 0. The van der Waals surface area contributed by atoms with Gasteiger partial charge in [-0.3, -0.25) is 0 Å². The van der Waals surface area contributed by atoms with E-state index in [0.717, 1.165) is 0 Å². The second-order valence-electron chi connectivity index (χ2n) is 0. The molecule has 0 aromatic rings. The van der Waals surface area contributed by atoms with Gasteiger partial charge in [0.1, 0.15) is 0 Å². The van der Waals surface area contributed by atoms with E-state index in [2.05, 4.69) is 0 Å². The summed E-state index contributed by atoms with van der Waals surface area (Å²) in [6, 6.07) is 0. The second-order valence-corrected chi connectivity index (χ2v) is 0. The van der Waals surface area contributed by atoms with Crippen LogP contribution in [0.25, 0.3) is 0 Å². The molecular weight excluding hydrogens is 443 g/mol. The molecule has 0 aromatic carbocycles. The van der Waals surface area contributed by atoms with Crippen molar-refractivity contribution in [3.63, 3.8) is 0 Å². The summed E-state index contributed by atoms with van der Waals surface area (Å²) in [5, 5.41) is 0. The summed E-state index contributed by atoms with van der Waals surface area (Å²) >= 11 is 0. The van der Waals surface area contributed by atoms with Crippen molar-refractivity contribution in [2.75, 3.05) is 0 Å². The van der Waals surface area contributed by atoms with E-state index in [0.29, 0.717) is 0 Å². The summed E-state index contributed by atoms with van der Waals surface area (Å²) in [4.78, 5) is 0. The van der Waals surface area contributed by atoms with Crippen molar-refractivity contribution in [2.24, 2.45) is 0 Å². The van der Waals surface area contributed by atoms with Gasteiger partial charge in [-0.05, 0) is 0 Å². The van der Waals surface area contributed by atoms with E-state index < -0.39 is 0 Å². The predicted octanol–water partition coefficient (Wildman–Crippen LogP) is -1.59. The summed E-state index contributed by atoms with van der Waals surface area (Å²) in [5.74, 6) is 0. The molecule has 2 N–H and O–H groups in total. The van der Waals surface area contributed by atoms with E-state index in [-0.39, 0.29) is 153 Å². The standard InChI is InChI=1S/2Ba.Cu.H2O.Y/h;;;1H2;. The van der Waals surface area contributed by atoms with Crippen molar-refractivity contribution in [2.45, 2.75) is 0 Å². The first-order valence-corrected chi connectivity index (χ1v) is 0. The summed E-state index contributed by atoms with van der Waals surface area (Å²) in [6.07, 6.45) is 0. The van der Waals surface area contributed by atoms with Gasteiger partial charge in [0.05, 0.1) is 0 Å². The quantitative estimate of drug-likeness (QED) is 0.403. The van der Waals surface area contributed by atoms with Crippen LogP contribution >= 0.6 is 0 Å². The SMILES string of the molecule is O.[Ba].[Ba].[Cu].[Y]. The topological polar surface area (TPSA) is 31.5 Å². The van der Waals surface area contributed by atoms with Crippen molar-refractivity contribution < 1.29 is 55.3 Å². The van der Waals surface area contributed by atoms with E-state index in [4.69, 9.17) is 0 Å². The van der Waals surface area contributed by atoms with Crippen LogP contribution in [0.3, 0.4) is 0 Å². The molecule has 1 nitrogen and oxygen atoms in total. The molecule has 0 fully saturated rings. The maximum Gasteiger partial charge on any atom is 0 e. The van der Waals surface area contributed by atoms with Gasteiger partial charge in [0.15, 0.2) is 0 Å². The van der Waals surface area contributed by atoms with Crippen LogP contribution in [0.1, 0.15) is 0 Å². The van der Waals surface area contributed by atoms with Crippen LogP contribution in [-0.2, 0) is 49.8 Å². The maximum absolute atomic E-state index is 0. The van der Waals surface area contributed by atoms with Gasteiger partial charge in [0.25, 0.3) is 0 Å². The van der Waals surface area contributed by atoms with Gasteiger partial charge in [0, 0.05) is 148 Å². The van der Waals surface area contributed by atoms with E-state index in [1.807, 2.05) is 0 Å². The number of hydrogen-bond donors (Lipinski definition) is 0. The van der Waals surface area contributed by atoms with Gasteiger partial charge in [-0.25, -0.2) is 0 Å². The van der Waals surface area contributed by atoms with Crippen LogP contribution in [0.15, 0.2) is 0 Å². The van der Waals surface area contributed by atoms with Crippen LogP contribution in [0.4, 0.5) is 0 Å².